The van der Waals surface area contributed by atoms with Crippen molar-refractivity contribution in [2.24, 2.45) is 5.92 Å². The molecule has 3 heteroatoms. The lowest BCUT2D eigenvalue weighted by Gasteiger charge is -2.36. The SMILES string of the molecule is CCN(CC1CCC1)C1CCC(CO)(NC2CC2)C1. The van der Waals surface area contributed by atoms with Gasteiger partial charge in [0.2, 0.25) is 0 Å². The summed E-state index contributed by atoms with van der Waals surface area (Å²) < 4.78 is 0. The molecule has 3 fully saturated rings. The van der Waals surface area contributed by atoms with E-state index < -0.39 is 0 Å². The molecule has 3 aliphatic carbocycles. The first-order valence-electron chi connectivity index (χ1n) is 8.37. The van der Waals surface area contributed by atoms with E-state index in [0.717, 1.165) is 18.8 Å². The summed E-state index contributed by atoms with van der Waals surface area (Å²) in [5.74, 6) is 0.959. The first kappa shape index (κ1) is 13.8. The zero-order valence-electron chi connectivity index (χ0n) is 12.4. The summed E-state index contributed by atoms with van der Waals surface area (Å²) in [5.41, 5.74) is 0.0405. The first-order valence-corrected chi connectivity index (χ1v) is 8.37. The Morgan fingerprint density at radius 3 is 2.53 bits per heavy atom. The molecule has 0 aliphatic heterocycles. The molecule has 0 aromatic carbocycles. The van der Waals surface area contributed by atoms with Crippen molar-refractivity contribution in [3.8, 4) is 0 Å². The van der Waals surface area contributed by atoms with Crippen LogP contribution in [0.4, 0.5) is 0 Å². The Hall–Kier alpha value is -0.120. The summed E-state index contributed by atoms with van der Waals surface area (Å²) in [6.07, 6.45) is 10.5. The molecule has 2 N–H and O–H groups in total. The Morgan fingerprint density at radius 2 is 2.00 bits per heavy atom. The minimum Gasteiger partial charge on any atom is -0.394 e. The van der Waals surface area contributed by atoms with Gasteiger partial charge in [0.15, 0.2) is 0 Å². The van der Waals surface area contributed by atoms with Gasteiger partial charge in [-0.15, -0.1) is 0 Å². The fourth-order valence-corrected chi connectivity index (χ4v) is 3.93. The Morgan fingerprint density at radius 1 is 1.21 bits per heavy atom. The molecule has 0 heterocycles. The molecule has 0 aromatic heterocycles. The summed E-state index contributed by atoms with van der Waals surface area (Å²) in [6, 6.07) is 1.40. The van der Waals surface area contributed by atoms with E-state index in [1.807, 2.05) is 0 Å². The third-order valence-electron chi connectivity index (χ3n) is 5.61. The van der Waals surface area contributed by atoms with Gasteiger partial charge >= 0.3 is 0 Å². The van der Waals surface area contributed by atoms with Gasteiger partial charge in [-0.25, -0.2) is 0 Å². The van der Waals surface area contributed by atoms with Crippen molar-refractivity contribution in [3.63, 3.8) is 0 Å². The summed E-state index contributed by atoms with van der Waals surface area (Å²) in [4.78, 5) is 2.69. The van der Waals surface area contributed by atoms with E-state index in [2.05, 4.69) is 17.1 Å². The van der Waals surface area contributed by atoms with Gasteiger partial charge in [0.1, 0.15) is 0 Å². The smallest absolute Gasteiger partial charge is 0.0614 e. The molecule has 0 aromatic rings. The second-order valence-corrected chi connectivity index (χ2v) is 7.14. The van der Waals surface area contributed by atoms with Crippen molar-refractivity contribution in [3.05, 3.63) is 0 Å². The fourth-order valence-electron chi connectivity index (χ4n) is 3.93. The number of rotatable bonds is 7. The maximum Gasteiger partial charge on any atom is 0.0614 e. The quantitative estimate of drug-likeness (QED) is 0.741. The molecule has 0 radical (unpaired) electrons. The standard InChI is InChI=1S/C16H30N2O/c1-2-18(11-13-4-3-5-13)15-8-9-16(10-15,12-19)17-14-6-7-14/h13-15,17,19H,2-12H2,1H3. The third-order valence-corrected chi connectivity index (χ3v) is 5.61. The van der Waals surface area contributed by atoms with Gasteiger partial charge < -0.3 is 15.3 Å². The zero-order chi connectivity index (χ0) is 13.3. The molecule has 0 bridgehead atoms. The van der Waals surface area contributed by atoms with Crippen LogP contribution in [0.1, 0.15) is 58.3 Å². The predicted molar refractivity (Wildman–Crippen MR) is 78.2 cm³/mol. The average molecular weight is 266 g/mol. The molecule has 110 valence electrons. The van der Waals surface area contributed by atoms with Crippen LogP contribution < -0.4 is 5.32 Å². The van der Waals surface area contributed by atoms with Gasteiger partial charge in [0.25, 0.3) is 0 Å². The predicted octanol–water partition coefficient (Wildman–Crippen LogP) is 2.14. The van der Waals surface area contributed by atoms with Crippen LogP contribution in [0.25, 0.3) is 0 Å². The maximum absolute atomic E-state index is 9.82. The molecule has 3 saturated carbocycles. The van der Waals surface area contributed by atoms with Gasteiger partial charge in [0, 0.05) is 24.2 Å². The van der Waals surface area contributed by atoms with Crippen molar-refractivity contribution < 1.29 is 5.11 Å². The van der Waals surface area contributed by atoms with Crippen LogP contribution in [0, 0.1) is 5.92 Å². The van der Waals surface area contributed by atoms with E-state index in [4.69, 9.17) is 0 Å². The summed E-state index contributed by atoms with van der Waals surface area (Å²) in [6.45, 7) is 5.09. The number of aliphatic hydroxyl groups excluding tert-OH is 1. The van der Waals surface area contributed by atoms with Crippen molar-refractivity contribution in [1.82, 2.24) is 10.2 Å². The van der Waals surface area contributed by atoms with E-state index in [-0.39, 0.29) is 5.54 Å². The monoisotopic (exact) mass is 266 g/mol. The Balaban J connectivity index is 1.55. The third kappa shape index (κ3) is 3.14. The minimum absolute atomic E-state index is 0.0405. The summed E-state index contributed by atoms with van der Waals surface area (Å²) in [7, 11) is 0. The molecule has 2 unspecified atom stereocenters. The lowest BCUT2D eigenvalue weighted by molar-refractivity contribution is 0.118. The molecule has 2 atom stereocenters. The van der Waals surface area contributed by atoms with Gasteiger partial charge in [-0.3, -0.25) is 0 Å². The average Bonchev–Trinajstić information content (AvgIpc) is 3.07. The van der Waals surface area contributed by atoms with Crippen LogP contribution in [-0.4, -0.2) is 47.3 Å². The minimum atomic E-state index is 0.0405. The van der Waals surface area contributed by atoms with Crippen molar-refractivity contribution >= 4 is 0 Å². The topological polar surface area (TPSA) is 35.5 Å². The lowest BCUT2D eigenvalue weighted by atomic mass is 9.84. The van der Waals surface area contributed by atoms with Crippen LogP contribution in [0.5, 0.6) is 0 Å². The second-order valence-electron chi connectivity index (χ2n) is 7.14. The van der Waals surface area contributed by atoms with E-state index >= 15 is 0 Å². The van der Waals surface area contributed by atoms with Crippen LogP contribution in [0.3, 0.4) is 0 Å². The van der Waals surface area contributed by atoms with Crippen molar-refractivity contribution in [2.45, 2.75) is 75.9 Å². The van der Waals surface area contributed by atoms with E-state index in [1.165, 1.54) is 51.6 Å². The van der Waals surface area contributed by atoms with Crippen molar-refractivity contribution in [1.29, 1.82) is 0 Å². The fraction of sp³-hybridized carbons (Fsp3) is 1.00. The highest BCUT2D eigenvalue weighted by atomic mass is 16.3. The molecule has 19 heavy (non-hydrogen) atoms. The molecule has 0 saturated heterocycles. The summed E-state index contributed by atoms with van der Waals surface area (Å²) >= 11 is 0. The molecular weight excluding hydrogens is 236 g/mol. The Bertz CT molecular complexity index is 301. The molecule has 0 amide bonds. The molecule has 3 nitrogen and oxygen atoms in total. The van der Waals surface area contributed by atoms with Crippen LogP contribution in [-0.2, 0) is 0 Å². The number of hydrogen-bond acceptors (Lipinski definition) is 3. The molecular formula is C16H30N2O. The summed E-state index contributed by atoms with van der Waals surface area (Å²) in [5, 5.41) is 13.6. The number of nitrogens with one attached hydrogen (secondary N) is 1. The highest BCUT2D eigenvalue weighted by molar-refractivity contribution is 5.03. The van der Waals surface area contributed by atoms with Gasteiger partial charge in [0.05, 0.1) is 6.61 Å². The first-order chi connectivity index (χ1) is 9.24. The highest BCUT2D eigenvalue weighted by Crippen LogP contribution is 2.37. The maximum atomic E-state index is 9.82. The molecule has 0 spiro atoms. The van der Waals surface area contributed by atoms with Crippen LogP contribution >= 0.6 is 0 Å². The highest BCUT2D eigenvalue weighted by Gasteiger charge is 2.43. The largest absolute Gasteiger partial charge is 0.394 e. The Labute approximate surface area is 117 Å². The van der Waals surface area contributed by atoms with E-state index in [9.17, 15) is 5.11 Å². The number of aliphatic hydroxyl groups is 1. The normalized spacial score (nSPS) is 35.8. The second kappa shape index (κ2) is 5.71. The zero-order valence-corrected chi connectivity index (χ0v) is 12.4. The Kier molecular flexibility index (Phi) is 4.16. The van der Waals surface area contributed by atoms with Crippen molar-refractivity contribution in [2.75, 3.05) is 19.7 Å². The van der Waals surface area contributed by atoms with Gasteiger partial charge in [-0.2, -0.15) is 0 Å². The van der Waals surface area contributed by atoms with Crippen LogP contribution in [0.15, 0.2) is 0 Å². The lowest BCUT2D eigenvalue weighted by Crippen LogP contribution is -2.49. The number of hydrogen-bond donors (Lipinski definition) is 2. The molecule has 3 rings (SSSR count). The van der Waals surface area contributed by atoms with Gasteiger partial charge in [-0.1, -0.05) is 13.3 Å². The van der Waals surface area contributed by atoms with Crippen LogP contribution in [0.2, 0.25) is 0 Å². The number of nitrogens with zero attached hydrogens (tertiary/aromatic N) is 1. The van der Waals surface area contributed by atoms with E-state index in [1.54, 1.807) is 0 Å². The van der Waals surface area contributed by atoms with E-state index in [0.29, 0.717) is 18.7 Å². The molecule has 3 aliphatic rings. The van der Waals surface area contributed by atoms with Gasteiger partial charge in [-0.05, 0) is 57.4 Å².